The minimum Gasteiger partial charge on any atom is -0.489 e. The van der Waals surface area contributed by atoms with E-state index in [0.717, 1.165) is 5.39 Å². The second kappa shape index (κ2) is 4.30. The van der Waals surface area contributed by atoms with Gasteiger partial charge in [0.1, 0.15) is 19.1 Å². The van der Waals surface area contributed by atoms with Gasteiger partial charge in [0.15, 0.2) is 0 Å². The number of nitrogens with zero attached hydrogens (tertiary/aromatic N) is 2. The predicted octanol–water partition coefficient (Wildman–Crippen LogP) is 1.86. The summed E-state index contributed by atoms with van der Waals surface area (Å²) in [5.74, 6) is 0.634. The van der Waals surface area contributed by atoms with Crippen LogP contribution in [-0.2, 0) is 0 Å². The average molecular weight is 232 g/mol. The summed E-state index contributed by atoms with van der Waals surface area (Å²) >= 11 is 5.76. The van der Waals surface area contributed by atoms with Crippen LogP contribution in [0.5, 0.6) is 5.75 Å². The molecule has 2 aromatic rings. The van der Waals surface area contributed by atoms with Crippen molar-refractivity contribution in [3.8, 4) is 5.75 Å². The van der Waals surface area contributed by atoms with E-state index in [-0.39, 0.29) is 11.4 Å². The molecule has 0 spiro atoms. The molecule has 5 heteroatoms. The largest absolute Gasteiger partial charge is 0.489 e. The fourth-order valence-electron chi connectivity index (χ4n) is 1.46. The van der Waals surface area contributed by atoms with Crippen molar-refractivity contribution in [2.75, 3.05) is 0 Å². The zero-order valence-corrected chi connectivity index (χ0v) is 9.82. The first-order valence-electron chi connectivity index (χ1n) is 4.94. The van der Waals surface area contributed by atoms with Gasteiger partial charge in [0.05, 0.1) is 6.10 Å². The molecule has 0 saturated carbocycles. The lowest BCUT2D eigenvalue weighted by Crippen LogP contribution is -2.10. The second-order valence-electron chi connectivity index (χ2n) is 3.76. The van der Waals surface area contributed by atoms with Gasteiger partial charge in [-0.15, -0.1) is 0 Å². The summed E-state index contributed by atoms with van der Waals surface area (Å²) in [6.07, 6.45) is 1.69. The fourth-order valence-corrected chi connectivity index (χ4v) is 1.59. The fraction of sp³-hybridized carbons (Fsp3) is 0.273. The van der Waals surface area contributed by atoms with Crippen LogP contribution in [0.4, 0.5) is 0 Å². The van der Waals surface area contributed by atoms with E-state index >= 15 is 0 Å². The Balaban J connectivity index is 2.64. The van der Waals surface area contributed by atoms with Gasteiger partial charge in [-0.2, -0.15) is 0 Å². The molecule has 0 N–H and O–H groups in total. The third kappa shape index (κ3) is 2.27. The zero-order valence-electron chi connectivity index (χ0n) is 9.07. The Morgan fingerprint density at radius 2 is 2.12 bits per heavy atom. The number of ether oxygens (including phenoxy) is 1. The van der Waals surface area contributed by atoms with Crippen molar-refractivity contribution in [3.05, 3.63) is 23.6 Å². The van der Waals surface area contributed by atoms with Gasteiger partial charge in [0.25, 0.3) is 0 Å². The van der Waals surface area contributed by atoms with Crippen molar-refractivity contribution < 1.29 is 4.74 Å². The topological polar surface area (TPSA) is 35.0 Å². The maximum atomic E-state index is 5.77. The number of benzene rings is 1. The van der Waals surface area contributed by atoms with Crippen LogP contribution in [0.15, 0.2) is 18.3 Å². The van der Waals surface area contributed by atoms with Crippen molar-refractivity contribution in [1.29, 1.82) is 0 Å². The van der Waals surface area contributed by atoms with Crippen molar-refractivity contribution >= 4 is 35.8 Å². The van der Waals surface area contributed by atoms with E-state index in [1.807, 2.05) is 13.8 Å². The van der Waals surface area contributed by atoms with Gasteiger partial charge in [0.2, 0.25) is 5.28 Å². The van der Waals surface area contributed by atoms with Crippen LogP contribution in [-0.4, -0.2) is 23.9 Å². The molecule has 0 fully saturated rings. The average Bonchev–Trinajstić information content (AvgIpc) is 2.18. The highest BCUT2D eigenvalue weighted by Gasteiger charge is 2.08. The van der Waals surface area contributed by atoms with Gasteiger partial charge in [0, 0.05) is 11.6 Å². The van der Waals surface area contributed by atoms with Crippen LogP contribution >= 0.6 is 11.6 Å². The zero-order chi connectivity index (χ0) is 11.7. The molecule has 1 aromatic carbocycles. The first-order chi connectivity index (χ1) is 7.56. The van der Waals surface area contributed by atoms with Gasteiger partial charge in [-0.1, -0.05) is 11.5 Å². The number of hydrogen-bond donors (Lipinski definition) is 0. The maximum absolute atomic E-state index is 5.77. The van der Waals surface area contributed by atoms with E-state index in [4.69, 9.17) is 24.2 Å². The first-order valence-corrected chi connectivity index (χ1v) is 5.32. The van der Waals surface area contributed by atoms with E-state index in [9.17, 15) is 0 Å². The lowest BCUT2D eigenvalue weighted by Gasteiger charge is -2.12. The summed E-state index contributed by atoms with van der Waals surface area (Å²) in [6, 6.07) is 3.53. The molecule has 2 rings (SSSR count). The van der Waals surface area contributed by atoms with Gasteiger partial charge in [-0.25, -0.2) is 9.97 Å². The Morgan fingerprint density at radius 1 is 1.38 bits per heavy atom. The number of aromatic nitrogens is 2. The highest BCUT2D eigenvalue weighted by molar-refractivity contribution is 6.33. The molecular formula is C11H10BClN2O. The molecule has 1 aromatic heterocycles. The lowest BCUT2D eigenvalue weighted by molar-refractivity contribution is 0.245. The first kappa shape index (κ1) is 11.2. The van der Waals surface area contributed by atoms with Crippen molar-refractivity contribution in [2.24, 2.45) is 0 Å². The van der Waals surface area contributed by atoms with Crippen LogP contribution in [0.25, 0.3) is 10.9 Å². The number of fused-ring (bicyclic) bond motifs is 1. The molecule has 0 aliphatic heterocycles. The molecule has 80 valence electrons. The molecule has 0 atom stereocenters. The van der Waals surface area contributed by atoms with Crippen LogP contribution in [0.1, 0.15) is 13.8 Å². The highest BCUT2D eigenvalue weighted by Crippen LogP contribution is 2.23. The summed E-state index contributed by atoms with van der Waals surface area (Å²) in [6.45, 7) is 3.88. The quantitative estimate of drug-likeness (QED) is 0.586. The van der Waals surface area contributed by atoms with Crippen LogP contribution in [0, 0.1) is 0 Å². The summed E-state index contributed by atoms with van der Waals surface area (Å²) < 4.78 is 5.63. The van der Waals surface area contributed by atoms with Crippen LogP contribution in [0.3, 0.4) is 0 Å². The second-order valence-corrected chi connectivity index (χ2v) is 4.10. The Morgan fingerprint density at radius 3 is 2.81 bits per heavy atom. The van der Waals surface area contributed by atoms with Gasteiger partial charge >= 0.3 is 0 Å². The van der Waals surface area contributed by atoms with Crippen LogP contribution in [0.2, 0.25) is 5.28 Å². The van der Waals surface area contributed by atoms with E-state index in [1.165, 1.54) is 0 Å². The Hall–Kier alpha value is -1.29. The van der Waals surface area contributed by atoms with Crippen molar-refractivity contribution in [3.63, 3.8) is 0 Å². The highest BCUT2D eigenvalue weighted by atomic mass is 35.5. The van der Waals surface area contributed by atoms with E-state index in [0.29, 0.717) is 16.7 Å². The van der Waals surface area contributed by atoms with E-state index in [2.05, 4.69) is 9.97 Å². The standard InChI is InChI=1S/C11H10BClN2O/c1-6(2)16-9-4-8(12)3-7-5-14-11(13)15-10(7)9/h3-6H,1-2H3. The van der Waals surface area contributed by atoms with Gasteiger partial charge in [-0.05, 0) is 31.5 Å². The molecule has 1 heterocycles. The summed E-state index contributed by atoms with van der Waals surface area (Å²) in [7, 11) is 5.77. The van der Waals surface area contributed by atoms with Crippen molar-refractivity contribution in [2.45, 2.75) is 20.0 Å². The lowest BCUT2D eigenvalue weighted by atomic mass is 9.94. The number of halogens is 1. The van der Waals surface area contributed by atoms with Crippen molar-refractivity contribution in [1.82, 2.24) is 9.97 Å². The van der Waals surface area contributed by atoms with E-state index in [1.54, 1.807) is 18.3 Å². The molecule has 0 amide bonds. The Labute approximate surface area is 100 Å². The Kier molecular flexibility index (Phi) is 3.01. The molecule has 3 nitrogen and oxygen atoms in total. The molecular weight excluding hydrogens is 222 g/mol. The predicted molar refractivity (Wildman–Crippen MR) is 65.7 cm³/mol. The third-order valence-corrected chi connectivity index (χ3v) is 2.19. The maximum Gasteiger partial charge on any atom is 0.223 e. The molecule has 0 aliphatic carbocycles. The molecule has 2 radical (unpaired) electrons. The molecule has 0 aliphatic rings. The van der Waals surface area contributed by atoms with Crippen LogP contribution < -0.4 is 10.2 Å². The minimum absolute atomic E-state index is 0.0544. The van der Waals surface area contributed by atoms with Gasteiger partial charge < -0.3 is 4.74 Å². The number of hydrogen-bond acceptors (Lipinski definition) is 3. The Bertz CT molecular complexity index is 531. The van der Waals surface area contributed by atoms with Gasteiger partial charge in [-0.3, -0.25) is 0 Å². The number of rotatable bonds is 2. The molecule has 0 unspecified atom stereocenters. The SMILES string of the molecule is [B]c1cc(OC(C)C)c2nc(Cl)ncc2c1. The minimum atomic E-state index is 0.0544. The molecule has 0 saturated heterocycles. The normalized spacial score (nSPS) is 11.0. The monoisotopic (exact) mass is 232 g/mol. The molecule has 0 bridgehead atoms. The summed E-state index contributed by atoms with van der Waals surface area (Å²) in [5, 5.41) is 1.02. The molecule has 16 heavy (non-hydrogen) atoms. The summed E-state index contributed by atoms with van der Waals surface area (Å²) in [4.78, 5) is 8.06. The smallest absolute Gasteiger partial charge is 0.223 e. The summed E-state index contributed by atoms with van der Waals surface area (Å²) in [5.41, 5.74) is 1.30. The van der Waals surface area contributed by atoms with E-state index < -0.39 is 0 Å². The third-order valence-electron chi connectivity index (χ3n) is 2.00.